The molecule has 0 unspecified atom stereocenters. The van der Waals surface area contributed by atoms with Gasteiger partial charge in [0.25, 0.3) is 0 Å². The Kier molecular flexibility index (Phi) is 5.05. The quantitative estimate of drug-likeness (QED) is 0.656. The lowest BCUT2D eigenvalue weighted by atomic mass is 10.0. The third-order valence-corrected chi connectivity index (χ3v) is 4.31. The second-order valence-corrected chi connectivity index (χ2v) is 6.28. The van der Waals surface area contributed by atoms with Crippen LogP contribution in [0.4, 0.5) is 10.2 Å². The summed E-state index contributed by atoms with van der Waals surface area (Å²) in [4.78, 5) is 27.5. The van der Waals surface area contributed by atoms with Gasteiger partial charge in [-0.15, -0.1) is 0 Å². The number of rotatable bonds is 4. The van der Waals surface area contributed by atoms with Crippen molar-refractivity contribution in [3.63, 3.8) is 0 Å². The van der Waals surface area contributed by atoms with Crippen molar-refractivity contribution in [1.82, 2.24) is 9.55 Å². The van der Waals surface area contributed by atoms with Crippen LogP contribution in [-0.2, 0) is 4.74 Å². The molecule has 0 amide bonds. The minimum Gasteiger partial charge on any atom is -0.388 e. The van der Waals surface area contributed by atoms with Gasteiger partial charge >= 0.3 is 5.69 Å². The molecule has 1 fully saturated rings. The summed E-state index contributed by atoms with van der Waals surface area (Å²) in [5.74, 6) is -1.95. The number of carbonyl (C=O) groups excluding carboxylic acids is 1. The van der Waals surface area contributed by atoms with Crippen molar-refractivity contribution >= 4 is 23.2 Å². The first kappa shape index (κ1) is 18.5. The number of aliphatic hydroxyl groups excluding tert-OH is 2. The van der Waals surface area contributed by atoms with Gasteiger partial charge in [-0.05, 0) is 12.1 Å². The summed E-state index contributed by atoms with van der Waals surface area (Å²) in [5.41, 5.74) is 4.56. The topological polar surface area (TPSA) is 128 Å². The molecule has 10 heteroatoms. The highest BCUT2D eigenvalue weighted by Gasteiger charge is 2.45. The Bertz CT molecular complexity index is 906. The van der Waals surface area contributed by atoms with Crippen LogP contribution in [0.2, 0.25) is 5.02 Å². The molecule has 3 rings (SSSR count). The number of halogens is 2. The molecule has 0 aliphatic carbocycles. The summed E-state index contributed by atoms with van der Waals surface area (Å²) in [5, 5.41) is 20.7. The van der Waals surface area contributed by atoms with E-state index >= 15 is 0 Å². The maximum absolute atomic E-state index is 13.6. The molecule has 4 N–H and O–H groups in total. The Hall–Kier alpha value is -2.33. The van der Waals surface area contributed by atoms with Gasteiger partial charge in [-0.1, -0.05) is 23.7 Å². The number of nitrogens with two attached hydrogens (primary N) is 1. The Labute approximate surface area is 151 Å². The van der Waals surface area contributed by atoms with E-state index in [-0.39, 0.29) is 12.2 Å². The number of hydrogen-bond donors (Lipinski definition) is 3. The van der Waals surface area contributed by atoms with E-state index in [0.29, 0.717) is 15.2 Å². The highest BCUT2D eigenvalue weighted by atomic mass is 35.5. The van der Waals surface area contributed by atoms with Crippen molar-refractivity contribution in [3.8, 4) is 0 Å². The van der Waals surface area contributed by atoms with E-state index in [1.54, 1.807) is 18.2 Å². The minimum absolute atomic E-state index is 0.269. The average molecular weight is 384 g/mol. The van der Waals surface area contributed by atoms with E-state index in [2.05, 4.69) is 4.98 Å². The molecular weight excluding hydrogens is 369 g/mol. The highest BCUT2D eigenvalue weighted by molar-refractivity contribution is 6.31. The van der Waals surface area contributed by atoms with Gasteiger partial charge < -0.3 is 20.7 Å². The van der Waals surface area contributed by atoms with Gasteiger partial charge in [0, 0.05) is 17.0 Å². The van der Waals surface area contributed by atoms with Gasteiger partial charge in [-0.25, -0.2) is 9.18 Å². The number of nitrogens with zero attached hydrogens (tertiary/aromatic N) is 2. The van der Waals surface area contributed by atoms with E-state index in [1.165, 1.54) is 6.07 Å². The summed E-state index contributed by atoms with van der Waals surface area (Å²) in [7, 11) is 0. The number of ketones is 1. The molecule has 26 heavy (non-hydrogen) atoms. The first-order valence-corrected chi connectivity index (χ1v) is 8.00. The van der Waals surface area contributed by atoms with Crippen molar-refractivity contribution in [1.29, 1.82) is 0 Å². The van der Waals surface area contributed by atoms with Crippen LogP contribution in [0.3, 0.4) is 0 Å². The summed E-state index contributed by atoms with van der Waals surface area (Å²) >= 11 is 5.84. The Morgan fingerprint density at radius 2 is 2.12 bits per heavy atom. The summed E-state index contributed by atoms with van der Waals surface area (Å²) in [6, 6.07) is 6.21. The smallest absolute Gasteiger partial charge is 0.351 e. The molecule has 2 heterocycles. The number of carbonyl (C=O) groups is 1. The van der Waals surface area contributed by atoms with Crippen LogP contribution in [0.5, 0.6) is 0 Å². The van der Waals surface area contributed by atoms with Crippen LogP contribution in [0, 0.1) is 5.82 Å². The van der Waals surface area contributed by atoms with Crippen LogP contribution >= 0.6 is 11.6 Å². The molecule has 8 nitrogen and oxygen atoms in total. The number of aliphatic hydroxyl groups is 2. The maximum atomic E-state index is 13.6. The Balaban J connectivity index is 1.81. The number of Topliss-reactive ketones (excluding diaryl/α,β-unsaturated/α-hetero) is 1. The van der Waals surface area contributed by atoms with Gasteiger partial charge in [0.1, 0.15) is 12.2 Å². The molecular formula is C16H15ClFN3O5. The van der Waals surface area contributed by atoms with Crippen molar-refractivity contribution in [2.24, 2.45) is 0 Å². The molecule has 1 saturated heterocycles. The molecule has 1 aliphatic heterocycles. The number of ether oxygens (including phenoxy) is 1. The number of benzene rings is 1. The lowest BCUT2D eigenvalue weighted by Crippen LogP contribution is -2.36. The third-order valence-electron chi connectivity index (χ3n) is 4.08. The standard InChI is InChI=1S/C16H15ClFN3O5/c17-8-3-1-2-7(4-8)10(22)5-11-12(23)13(24)15(26-11)21-6-9(18)14(19)20-16(21)25/h1-4,6,11-13,15,23-24H,5H2,(H2,19,20,25)/t11-,12-,13-,15-/m1/s1. The zero-order valence-electron chi connectivity index (χ0n) is 13.3. The molecule has 1 aromatic carbocycles. The second kappa shape index (κ2) is 7.12. The third kappa shape index (κ3) is 3.47. The van der Waals surface area contributed by atoms with Crippen molar-refractivity contribution < 1.29 is 24.1 Å². The summed E-state index contributed by atoms with van der Waals surface area (Å²) in [6.45, 7) is 0. The predicted octanol–water partition coefficient (Wildman–Crippen LogP) is 0.510. The minimum atomic E-state index is -1.56. The number of anilines is 1. The maximum Gasteiger partial charge on any atom is 0.351 e. The summed E-state index contributed by atoms with van der Waals surface area (Å²) < 4.78 is 19.7. The fourth-order valence-corrected chi connectivity index (χ4v) is 2.92. The summed E-state index contributed by atoms with van der Waals surface area (Å²) in [6.07, 6.45) is -5.07. The number of hydrogen-bond acceptors (Lipinski definition) is 7. The molecule has 2 aromatic rings. The molecule has 1 aromatic heterocycles. The SMILES string of the molecule is Nc1nc(=O)n([C@@H]2O[C@H](CC(=O)c3cccc(Cl)c3)[C@@H](O)[C@H]2O)cc1F. The predicted molar refractivity (Wildman–Crippen MR) is 89.2 cm³/mol. The van der Waals surface area contributed by atoms with Crippen LogP contribution < -0.4 is 11.4 Å². The Morgan fingerprint density at radius 1 is 1.38 bits per heavy atom. The average Bonchev–Trinajstić information content (AvgIpc) is 2.86. The van der Waals surface area contributed by atoms with Crippen LogP contribution in [0.1, 0.15) is 23.0 Å². The molecule has 0 saturated carbocycles. The molecule has 138 valence electrons. The zero-order chi connectivity index (χ0) is 19.0. The lowest BCUT2D eigenvalue weighted by Gasteiger charge is -2.17. The zero-order valence-corrected chi connectivity index (χ0v) is 14.0. The number of nitrogen functional groups attached to an aromatic ring is 1. The van der Waals surface area contributed by atoms with Gasteiger partial charge in [0.05, 0.1) is 12.3 Å². The molecule has 0 radical (unpaired) electrons. The van der Waals surface area contributed by atoms with Crippen molar-refractivity contribution in [3.05, 3.63) is 57.3 Å². The monoisotopic (exact) mass is 383 g/mol. The van der Waals surface area contributed by atoms with E-state index in [0.717, 1.165) is 6.20 Å². The van der Waals surface area contributed by atoms with Gasteiger partial charge in [0.15, 0.2) is 23.6 Å². The second-order valence-electron chi connectivity index (χ2n) is 5.85. The molecule has 0 bridgehead atoms. The Morgan fingerprint density at radius 3 is 2.81 bits per heavy atom. The van der Waals surface area contributed by atoms with Crippen LogP contribution in [-0.4, -0.2) is 43.9 Å². The first-order chi connectivity index (χ1) is 12.3. The van der Waals surface area contributed by atoms with E-state index < -0.39 is 41.9 Å². The van der Waals surface area contributed by atoms with E-state index in [1.807, 2.05) is 0 Å². The highest BCUT2D eigenvalue weighted by Crippen LogP contribution is 2.31. The largest absolute Gasteiger partial charge is 0.388 e. The van der Waals surface area contributed by atoms with E-state index in [4.69, 9.17) is 22.1 Å². The van der Waals surface area contributed by atoms with Gasteiger partial charge in [0.2, 0.25) is 0 Å². The number of aromatic nitrogens is 2. The first-order valence-electron chi connectivity index (χ1n) is 7.62. The fraction of sp³-hybridized carbons (Fsp3) is 0.312. The van der Waals surface area contributed by atoms with Crippen molar-refractivity contribution in [2.45, 2.75) is 31.0 Å². The van der Waals surface area contributed by atoms with E-state index in [9.17, 15) is 24.2 Å². The molecule has 1 aliphatic rings. The van der Waals surface area contributed by atoms with Gasteiger partial charge in [-0.3, -0.25) is 9.36 Å². The van der Waals surface area contributed by atoms with Gasteiger partial charge in [-0.2, -0.15) is 4.98 Å². The lowest BCUT2D eigenvalue weighted by molar-refractivity contribution is -0.0401. The molecule has 4 atom stereocenters. The fourth-order valence-electron chi connectivity index (χ4n) is 2.73. The van der Waals surface area contributed by atoms with Crippen molar-refractivity contribution in [2.75, 3.05) is 5.73 Å². The molecule has 0 spiro atoms. The normalized spacial score (nSPS) is 25.4. The van der Waals surface area contributed by atoms with Crippen LogP contribution in [0.25, 0.3) is 0 Å². The van der Waals surface area contributed by atoms with Crippen LogP contribution in [0.15, 0.2) is 35.3 Å².